The Kier molecular flexibility index (Phi) is 3.66. The Hall–Kier alpha value is -0.870. The number of hydrogen-bond donors (Lipinski definition) is 1. The Morgan fingerprint density at radius 1 is 1.57 bits per heavy atom. The fourth-order valence-corrected chi connectivity index (χ4v) is 1.75. The Labute approximate surface area is 91.4 Å². The van der Waals surface area contributed by atoms with Gasteiger partial charge in [-0.15, -0.1) is 0 Å². The van der Waals surface area contributed by atoms with Gasteiger partial charge in [0, 0.05) is 5.56 Å². The van der Waals surface area contributed by atoms with E-state index in [0.717, 1.165) is 4.47 Å². The molecule has 3 nitrogen and oxygen atoms in total. The summed E-state index contributed by atoms with van der Waals surface area (Å²) in [5.74, 6) is 0.539. The number of carbonyl (C=O) groups is 1. The number of halogens is 1. The molecule has 1 unspecified atom stereocenters. The quantitative estimate of drug-likeness (QED) is 0.902. The van der Waals surface area contributed by atoms with Crippen LogP contribution in [-0.4, -0.2) is 12.9 Å². The summed E-state index contributed by atoms with van der Waals surface area (Å²) in [6, 6.07) is 4.83. The molecule has 0 aliphatic rings. The first-order valence-electron chi connectivity index (χ1n) is 4.16. The average Bonchev–Trinajstić information content (AvgIpc) is 2.16. The minimum absolute atomic E-state index is 0.0820. The largest absolute Gasteiger partial charge is 0.495 e. The number of nitrogens with two attached hydrogens (primary N) is 1. The van der Waals surface area contributed by atoms with Crippen molar-refractivity contribution in [3.05, 3.63) is 28.2 Å². The van der Waals surface area contributed by atoms with Gasteiger partial charge in [0.2, 0.25) is 0 Å². The van der Waals surface area contributed by atoms with Crippen molar-refractivity contribution in [3.8, 4) is 5.75 Å². The smallest absolute Gasteiger partial charge is 0.151 e. The van der Waals surface area contributed by atoms with E-state index < -0.39 is 6.04 Å². The number of methoxy groups -OCH3 is 1. The van der Waals surface area contributed by atoms with Gasteiger partial charge in [-0.05, 0) is 28.9 Å². The highest BCUT2D eigenvalue weighted by molar-refractivity contribution is 9.10. The van der Waals surface area contributed by atoms with Gasteiger partial charge in [0.1, 0.15) is 5.75 Å². The van der Waals surface area contributed by atoms with E-state index in [4.69, 9.17) is 10.5 Å². The third-order valence-corrected chi connectivity index (χ3v) is 2.60. The third-order valence-electron chi connectivity index (χ3n) is 1.97. The van der Waals surface area contributed by atoms with Crippen molar-refractivity contribution in [2.75, 3.05) is 7.11 Å². The van der Waals surface area contributed by atoms with Crippen LogP contribution in [0.2, 0.25) is 0 Å². The van der Waals surface area contributed by atoms with E-state index in [1.807, 2.05) is 12.1 Å². The summed E-state index contributed by atoms with van der Waals surface area (Å²) in [6.45, 7) is 1.46. The standard InChI is InChI=1S/C10H12BrNO2/c1-6(13)9(12)7-4-3-5-8(11)10(7)14-2/h3-5,9H,12H2,1-2H3. The fraction of sp³-hybridized carbons (Fsp3) is 0.300. The van der Waals surface area contributed by atoms with Crippen LogP contribution in [0.4, 0.5) is 0 Å². The molecule has 4 heteroatoms. The molecule has 0 aliphatic carbocycles. The van der Waals surface area contributed by atoms with E-state index in [0.29, 0.717) is 11.3 Å². The first-order valence-corrected chi connectivity index (χ1v) is 4.95. The van der Waals surface area contributed by atoms with Crippen molar-refractivity contribution in [1.29, 1.82) is 0 Å². The molecule has 0 radical (unpaired) electrons. The second kappa shape index (κ2) is 4.57. The summed E-state index contributed by atoms with van der Waals surface area (Å²) < 4.78 is 5.97. The van der Waals surface area contributed by atoms with E-state index in [1.54, 1.807) is 13.2 Å². The second-order valence-corrected chi connectivity index (χ2v) is 3.80. The molecular formula is C10H12BrNO2. The second-order valence-electron chi connectivity index (χ2n) is 2.95. The van der Waals surface area contributed by atoms with Gasteiger partial charge in [-0.25, -0.2) is 0 Å². The van der Waals surface area contributed by atoms with Gasteiger partial charge in [0.25, 0.3) is 0 Å². The molecular weight excluding hydrogens is 246 g/mol. The number of hydrogen-bond acceptors (Lipinski definition) is 3. The molecule has 0 spiro atoms. The SMILES string of the molecule is COc1c(Br)cccc1C(N)C(C)=O. The molecule has 0 saturated carbocycles. The van der Waals surface area contributed by atoms with Gasteiger partial charge in [-0.3, -0.25) is 4.79 Å². The van der Waals surface area contributed by atoms with Crippen molar-refractivity contribution in [3.63, 3.8) is 0 Å². The van der Waals surface area contributed by atoms with Crippen molar-refractivity contribution < 1.29 is 9.53 Å². The van der Waals surface area contributed by atoms with Crippen molar-refractivity contribution in [2.24, 2.45) is 5.73 Å². The Balaban J connectivity index is 3.20. The van der Waals surface area contributed by atoms with E-state index in [2.05, 4.69) is 15.9 Å². The van der Waals surface area contributed by atoms with Gasteiger partial charge < -0.3 is 10.5 Å². The number of ketones is 1. The van der Waals surface area contributed by atoms with Crippen molar-refractivity contribution in [1.82, 2.24) is 0 Å². The van der Waals surface area contributed by atoms with E-state index in [-0.39, 0.29) is 5.78 Å². The summed E-state index contributed by atoms with van der Waals surface area (Å²) >= 11 is 3.33. The van der Waals surface area contributed by atoms with Crippen LogP contribution in [0.3, 0.4) is 0 Å². The molecule has 0 amide bonds. The lowest BCUT2D eigenvalue weighted by molar-refractivity contribution is -0.118. The highest BCUT2D eigenvalue weighted by Gasteiger charge is 2.17. The lowest BCUT2D eigenvalue weighted by Crippen LogP contribution is -2.19. The molecule has 1 aromatic rings. The number of carbonyl (C=O) groups excluding carboxylic acids is 1. The highest BCUT2D eigenvalue weighted by Crippen LogP contribution is 2.32. The third kappa shape index (κ3) is 2.13. The van der Waals surface area contributed by atoms with Crippen LogP contribution in [0, 0.1) is 0 Å². The maximum Gasteiger partial charge on any atom is 0.151 e. The highest BCUT2D eigenvalue weighted by atomic mass is 79.9. The monoisotopic (exact) mass is 257 g/mol. The van der Waals surface area contributed by atoms with Gasteiger partial charge in [-0.2, -0.15) is 0 Å². The maximum atomic E-state index is 11.1. The summed E-state index contributed by atoms with van der Waals surface area (Å²) in [4.78, 5) is 11.1. The molecule has 0 saturated heterocycles. The predicted molar refractivity (Wildman–Crippen MR) is 58.3 cm³/mol. The molecule has 2 N–H and O–H groups in total. The van der Waals surface area contributed by atoms with Crippen LogP contribution >= 0.6 is 15.9 Å². The first kappa shape index (κ1) is 11.2. The van der Waals surface area contributed by atoms with Crippen LogP contribution in [0.25, 0.3) is 0 Å². The lowest BCUT2D eigenvalue weighted by atomic mass is 10.0. The molecule has 1 rings (SSSR count). The Morgan fingerprint density at radius 2 is 2.21 bits per heavy atom. The Bertz CT molecular complexity index is 352. The van der Waals surface area contributed by atoms with E-state index in [9.17, 15) is 4.79 Å². The molecule has 0 fully saturated rings. The van der Waals surface area contributed by atoms with E-state index in [1.165, 1.54) is 6.92 Å². The van der Waals surface area contributed by atoms with E-state index >= 15 is 0 Å². The number of ether oxygens (including phenoxy) is 1. The summed E-state index contributed by atoms with van der Waals surface area (Å²) in [5, 5.41) is 0. The zero-order chi connectivity index (χ0) is 10.7. The molecule has 0 bridgehead atoms. The fourth-order valence-electron chi connectivity index (χ4n) is 1.20. The van der Waals surface area contributed by atoms with Crippen molar-refractivity contribution in [2.45, 2.75) is 13.0 Å². The number of rotatable bonds is 3. The van der Waals surface area contributed by atoms with Gasteiger partial charge in [-0.1, -0.05) is 12.1 Å². The van der Waals surface area contributed by atoms with Gasteiger partial charge in [0.05, 0.1) is 17.6 Å². The molecule has 0 aromatic heterocycles. The normalized spacial score (nSPS) is 12.3. The summed E-state index contributed by atoms with van der Waals surface area (Å²) in [7, 11) is 1.55. The van der Waals surface area contributed by atoms with Crippen LogP contribution in [0.15, 0.2) is 22.7 Å². The maximum absolute atomic E-state index is 11.1. The molecule has 1 aromatic carbocycles. The molecule has 1 atom stereocenters. The number of para-hydroxylation sites is 1. The predicted octanol–water partition coefficient (Wildman–Crippen LogP) is 2.05. The Morgan fingerprint density at radius 3 is 2.71 bits per heavy atom. The zero-order valence-corrected chi connectivity index (χ0v) is 9.67. The first-order chi connectivity index (χ1) is 6.57. The topological polar surface area (TPSA) is 52.3 Å². The van der Waals surface area contributed by atoms with Crippen LogP contribution in [0.1, 0.15) is 18.5 Å². The van der Waals surface area contributed by atoms with Crippen LogP contribution in [0.5, 0.6) is 5.75 Å². The molecule has 0 aliphatic heterocycles. The van der Waals surface area contributed by atoms with Gasteiger partial charge in [0.15, 0.2) is 5.78 Å². The van der Waals surface area contributed by atoms with Crippen molar-refractivity contribution >= 4 is 21.7 Å². The van der Waals surface area contributed by atoms with Gasteiger partial charge >= 0.3 is 0 Å². The average molecular weight is 258 g/mol. The zero-order valence-electron chi connectivity index (χ0n) is 8.08. The molecule has 76 valence electrons. The number of benzene rings is 1. The van der Waals surface area contributed by atoms with Crippen LogP contribution < -0.4 is 10.5 Å². The minimum atomic E-state index is -0.623. The lowest BCUT2D eigenvalue weighted by Gasteiger charge is -2.14. The minimum Gasteiger partial charge on any atom is -0.495 e. The summed E-state index contributed by atoms with van der Waals surface area (Å²) in [5.41, 5.74) is 6.44. The number of Topliss-reactive ketones (excluding diaryl/α,β-unsaturated/α-hetero) is 1. The van der Waals surface area contributed by atoms with Crippen LogP contribution in [-0.2, 0) is 4.79 Å². The molecule has 0 heterocycles. The summed E-state index contributed by atoms with van der Waals surface area (Å²) in [6.07, 6.45) is 0. The molecule has 14 heavy (non-hydrogen) atoms.